The fraction of sp³-hybridized carbons (Fsp3) is 0.467. The molecule has 0 spiro atoms. The Labute approximate surface area is 122 Å². The number of methoxy groups -OCH3 is 2. The molecule has 3 aliphatic heterocycles. The maximum absolute atomic E-state index is 12.1. The van der Waals surface area contributed by atoms with Gasteiger partial charge in [-0.3, -0.25) is 9.59 Å². The van der Waals surface area contributed by atoms with Crippen LogP contribution in [0.1, 0.15) is 24.8 Å². The topological polar surface area (TPSA) is 76.7 Å². The summed E-state index contributed by atoms with van der Waals surface area (Å²) in [5.41, 5.74) is 0.231. The average Bonchev–Trinajstić information content (AvgIpc) is 2.44. The molecule has 0 aromatic heterocycles. The number of piperidine rings is 2. The first-order chi connectivity index (χ1) is 9.97. The van der Waals surface area contributed by atoms with Gasteiger partial charge in [-0.05, 0) is 31.0 Å². The summed E-state index contributed by atoms with van der Waals surface area (Å²) in [4.78, 5) is 24.2. The van der Waals surface area contributed by atoms with Crippen molar-refractivity contribution >= 4 is 11.8 Å². The van der Waals surface area contributed by atoms with Crippen molar-refractivity contribution in [3.05, 3.63) is 23.8 Å². The maximum atomic E-state index is 12.1. The summed E-state index contributed by atoms with van der Waals surface area (Å²) in [6.45, 7) is 1.83. The molecule has 3 fully saturated rings. The Morgan fingerprint density at radius 1 is 1.10 bits per heavy atom. The zero-order valence-electron chi connectivity index (χ0n) is 12.2. The Morgan fingerprint density at radius 3 is 2.24 bits per heavy atom. The van der Waals surface area contributed by atoms with E-state index in [1.54, 1.807) is 20.3 Å². The van der Waals surface area contributed by atoms with Gasteiger partial charge in [0.15, 0.2) is 11.5 Å². The van der Waals surface area contributed by atoms with E-state index in [2.05, 4.69) is 10.6 Å². The van der Waals surface area contributed by atoms with Crippen molar-refractivity contribution in [2.45, 2.75) is 24.9 Å². The molecule has 3 aliphatic rings. The molecular weight excluding hydrogens is 272 g/mol. The summed E-state index contributed by atoms with van der Waals surface area (Å²) in [7, 11) is 3.14. The van der Waals surface area contributed by atoms with Crippen LogP contribution in [0.3, 0.4) is 0 Å². The molecule has 3 saturated heterocycles. The van der Waals surface area contributed by atoms with Crippen LogP contribution in [0.4, 0.5) is 0 Å². The number of hydrogen-bond acceptors (Lipinski definition) is 4. The van der Waals surface area contributed by atoms with E-state index in [9.17, 15) is 9.59 Å². The summed E-state index contributed by atoms with van der Waals surface area (Å²) >= 11 is 0. The molecule has 1 aromatic rings. The Morgan fingerprint density at radius 2 is 1.71 bits per heavy atom. The van der Waals surface area contributed by atoms with E-state index in [0.717, 1.165) is 5.56 Å². The lowest BCUT2D eigenvalue weighted by molar-refractivity contribution is -0.149. The molecule has 0 unspecified atom stereocenters. The molecule has 21 heavy (non-hydrogen) atoms. The monoisotopic (exact) mass is 290 g/mol. The maximum Gasteiger partial charge on any atom is 0.235 e. The van der Waals surface area contributed by atoms with Gasteiger partial charge in [0.1, 0.15) is 11.6 Å². The lowest BCUT2D eigenvalue weighted by Crippen LogP contribution is -2.72. The molecular formula is C15H18N2O4. The molecule has 4 rings (SSSR count). The quantitative estimate of drug-likeness (QED) is 0.806. The summed E-state index contributed by atoms with van der Waals surface area (Å²) in [5.74, 6) is -0.0495. The second-order valence-electron chi connectivity index (χ2n) is 5.71. The van der Waals surface area contributed by atoms with E-state index in [1.807, 2.05) is 19.1 Å². The number of carbonyl (C=O) groups is 2. The Kier molecular flexibility index (Phi) is 3.04. The van der Waals surface area contributed by atoms with Crippen LogP contribution in [-0.2, 0) is 9.59 Å². The molecule has 0 aliphatic carbocycles. The minimum absolute atomic E-state index is 0.155. The van der Waals surface area contributed by atoms with Crippen LogP contribution < -0.4 is 20.1 Å². The molecule has 3 heterocycles. The van der Waals surface area contributed by atoms with Crippen molar-refractivity contribution in [3.8, 4) is 11.5 Å². The lowest BCUT2D eigenvalue weighted by atomic mass is 9.72. The van der Waals surface area contributed by atoms with Crippen LogP contribution in [0.5, 0.6) is 11.5 Å². The highest BCUT2D eigenvalue weighted by molar-refractivity contribution is 6.05. The summed E-state index contributed by atoms with van der Waals surface area (Å²) < 4.78 is 10.5. The zero-order valence-corrected chi connectivity index (χ0v) is 12.2. The van der Waals surface area contributed by atoms with E-state index in [0.29, 0.717) is 17.9 Å². The van der Waals surface area contributed by atoms with E-state index in [-0.39, 0.29) is 17.7 Å². The molecule has 2 bridgehead atoms. The molecule has 2 N–H and O–H groups in total. The molecule has 6 heteroatoms. The van der Waals surface area contributed by atoms with Gasteiger partial charge in [-0.15, -0.1) is 0 Å². The Hall–Kier alpha value is -2.24. The van der Waals surface area contributed by atoms with Gasteiger partial charge < -0.3 is 20.1 Å². The van der Waals surface area contributed by atoms with Crippen LogP contribution in [0.2, 0.25) is 0 Å². The number of rotatable bonds is 3. The van der Waals surface area contributed by atoms with Gasteiger partial charge in [-0.2, -0.15) is 0 Å². The van der Waals surface area contributed by atoms with Crippen molar-refractivity contribution < 1.29 is 19.1 Å². The number of carbonyl (C=O) groups excluding carboxylic acids is 2. The molecule has 0 radical (unpaired) electrons. The third-order valence-electron chi connectivity index (χ3n) is 4.23. The lowest BCUT2D eigenvalue weighted by Gasteiger charge is -2.48. The van der Waals surface area contributed by atoms with Gasteiger partial charge >= 0.3 is 0 Å². The van der Waals surface area contributed by atoms with E-state index in [4.69, 9.17) is 9.47 Å². The molecule has 112 valence electrons. The smallest absolute Gasteiger partial charge is 0.235 e. The predicted molar refractivity (Wildman–Crippen MR) is 75.1 cm³/mol. The van der Waals surface area contributed by atoms with E-state index < -0.39 is 11.6 Å². The van der Waals surface area contributed by atoms with Gasteiger partial charge in [0.05, 0.1) is 14.2 Å². The van der Waals surface area contributed by atoms with Crippen molar-refractivity contribution in [1.82, 2.24) is 10.6 Å². The Balaban J connectivity index is 2.00. The second-order valence-corrected chi connectivity index (χ2v) is 5.71. The number of hydrogen-bond donors (Lipinski definition) is 2. The SMILES string of the molecule is COc1ccc([C@@H]2CC3(C)NC(=O)C2C(=O)N3)cc1OC. The van der Waals surface area contributed by atoms with Crippen molar-refractivity contribution in [3.63, 3.8) is 0 Å². The van der Waals surface area contributed by atoms with Crippen molar-refractivity contribution in [2.24, 2.45) is 5.92 Å². The Bertz CT molecular complexity index is 596. The molecule has 1 atom stereocenters. The number of benzene rings is 1. The zero-order chi connectivity index (χ0) is 15.2. The number of ether oxygens (including phenoxy) is 2. The highest BCUT2D eigenvalue weighted by atomic mass is 16.5. The van der Waals surface area contributed by atoms with Crippen molar-refractivity contribution in [1.29, 1.82) is 0 Å². The molecule has 1 aromatic carbocycles. The minimum atomic E-state index is -0.690. The minimum Gasteiger partial charge on any atom is -0.493 e. The first kappa shape index (κ1) is 13.7. The van der Waals surface area contributed by atoms with Crippen LogP contribution in [0, 0.1) is 5.92 Å². The molecule has 0 saturated carbocycles. The summed E-state index contributed by atoms with van der Waals surface area (Å²) in [6, 6.07) is 5.53. The normalized spacial score (nSPS) is 30.6. The predicted octanol–water partition coefficient (Wildman–Crippen LogP) is 0.769. The van der Waals surface area contributed by atoms with Gasteiger partial charge in [-0.1, -0.05) is 6.07 Å². The standard InChI is InChI=1S/C15H18N2O4/c1-15-7-9(12(13(18)16-15)14(19)17-15)8-4-5-10(20-2)11(6-8)21-3/h4-6,9,12H,7H2,1-3H3,(H,16,18)(H,17,19)/t9-,12?,15?/m0/s1. The van der Waals surface area contributed by atoms with Crippen LogP contribution in [0.15, 0.2) is 18.2 Å². The summed E-state index contributed by atoms with van der Waals surface area (Å²) in [5, 5.41) is 5.69. The third-order valence-corrected chi connectivity index (χ3v) is 4.23. The largest absolute Gasteiger partial charge is 0.493 e. The first-order valence-corrected chi connectivity index (χ1v) is 6.83. The highest BCUT2D eigenvalue weighted by Gasteiger charge is 2.53. The van der Waals surface area contributed by atoms with Gasteiger partial charge in [0.2, 0.25) is 11.8 Å². The average molecular weight is 290 g/mol. The van der Waals surface area contributed by atoms with E-state index in [1.165, 1.54) is 0 Å². The number of fused-ring (bicyclic) bond motifs is 3. The van der Waals surface area contributed by atoms with Gasteiger partial charge in [0.25, 0.3) is 0 Å². The molecule has 2 amide bonds. The van der Waals surface area contributed by atoms with Crippen LogP contribution >= 0.6 is 0 Å². The number of amides is 2. The van der Waals surface area contributed by atoms with E-state index >= 15 is 0 Å². The first-order valence-electron chi connectivity index (χ1n) is 6.83. The highest BCUT2D eigenvalue weighted by Crippen LogP contribution is 2.42. The second kappa shape index (κ2) is 4.65. The van der Waals surface area contributed by atoms with Gasteiger partial charge in [0, 0.05) is 5.92 Å². The van der Waals surface area contributed by atoms with Crippen LogP contribution in [0.25, 0.3) is 0 Å². The van der Waals surface area contributed by atoms with Crippen LogP contribution in [-0.4, -0.2) is 31.7 Å². The fourth-order valence-corrected chi connectivity index (χ4v) is 3.27. The third kappa shape index (κ3) is 2.11. The fourth-order valence-electron chi connectivity index (χ4n) is 3.27. The molecule has 6 nitrogen and oxygen atoms in total. The van der Waals surface area contributed by atoms with Crippen molar-refractivity contribution in [2.75, 3.05) is 14.2 Å². The summed E-state index contributed by atoms with van der Waals surface area (Å²) in [6.07, 6.45) is 0.657. The van der Waals surface area contributed by atoms with Gasteiger partial charge in [-0.25, -0.2) is 0 Å². The number of nitrogens with one attached hydrogen (secondary N) is 2.